The van der Waals surface area contributed by atoms with Crippen molar-refractivity contribution < 1.29 is 23.5 Å². The molecule has 1 rings (SSSR count). The number of aliphatic carboxylic acids is 1. The Kier molecular flexibility index (Phi) is 14.6. The number of halogens is 2. The largest absolute Gasteiger partial charge is 0.481 e. The third kappa shape index (κ3) is 15.8. The molecule has 4 nitrogen and oxygen atoms in total. The molecular weight excluding hydrogens is 412 g/mol. The van der Waals surface area contributed by atoms with Gasteiger partial charge in [0.1, 0.15) is 6.42 Å². The van der Waals surface area contributed by atoms with E-state index < -0.39 is 18.3 Å². The SMILES string of the molecule is CC(F)(F)CCCCCCCCCCCCCCCNc1ccc(C(=O)CC(=O)O)cc1. The predicted octanol–water partition coefficient (Wildman–Crippen LogP) is 7.87. The molecule has 0 heterocycles. The van der Waals surface area contributed by atoms with Gasteiger partial charge < -0.3 is 10.4 Å². The van der Waals surface area contributed by atoms with Crippen molar-refractivity contribution in [1.29, 1.82) is 0 Å². The van der Waals surface area contributed by atoms with Crippen LogP contribution in [0.25, 0.3) is 0 Å². The molecule has 32 heavy (non-hydrogen) atoms. The van der Waals surface area contributed by atoms with Crippen molar-refractivity contribution >= 4 is 17.4 Å². The fraction of sp³-hybridized carbons (Fsp3) is 0.692. The number of carbonyl (C=O) groups is 2. The summed E-state index contributed by atoms with van der Waals surface area (Å²) in [6.07, 6.45) is 14.5. The maximum atomic E-state index is 12.7. The van der Waals surface area contributed by atoms with E-state index in [1.54, 1.807) is 12.1 Å². The summed E-state index contributed by atoms with van der Waals surface area (Å²) in [6.45, 7) is 1.89. The molecule has 0 fully saturated rings. The maximum Gasteiger partial charge on any atom is 0.311 e. The number of carbonyl (C=O) groups excluding carboxylic acids is 1. The van der Waals surface area contributed by atoms with E-state index in [1.165, 1.54) is 57.8 Å². The summed E-state index contributed by atoms with van der Waals surface area (Å²) in [5, 5.41) is 12.0. The van der Waals surface area contributed by atoms with Gasteiger partial charge in [-0.1, -0.05) is 70.6 Å². The first kappa shape index (κ1) is 28.1. The standard InChI is InChI=1S/C26H41F2NO3/c1-26(27,28)19-13-11-9-7-5-3-2-4-6-8-10-12-14-20-29-23-17-15-22(16-18-23)24(30)21-25(31)32/h15-18,29H,2-14,19-21H2,1H3,(H,31,32). The molecule has 0 aliphatic carbocycles. The van der Waals surface area contributed by atoms with Gasteiger partial charge in [0.05, 0.1) is 0 Å². The Balaban J connectivity index is 1.88. The van der Waals surface area contributed by atoms with Gasteiger partial charge in [-0.2, -0.15) is 0 Å². The fourth-order valence-electron chi connectivity index (χ4n) is 3.75. The van der Waals surface area contributed by atoms with Crippen LogP contribution in [0.3, 0.4) is 0 Å². The lowest BCUT2D eigenvalue weighted by atomic mass is 10.0. The summed E-state index contributed by atoms with van der Waals surface area (Å²) in [5.74, 6) is -3.98. The van der Waals surface area contributed by atoms with Gasteiger partial charge in [-0.15, -0.1) is 0 Å². The molecule has 0 bridgehead atoms. The van der Waals surface area contributed by atoms with Crippen LogP contribution in [0.15, 0.2) is 24.3 Å². The van der Waals surface area contributed by atoms with Crippen LogP contribution < -0.4 is 5.32 Å². The number of alkyl halides is 2. The first-order valence-electron chi connectivity index (χ1n) is 12.2. The van der Waals surface area contributed by atoms with Gasteiger partial charge in [0.15, 0.2) is 5.78 Å². The second-order valence-corrected chi connectivity index (χ2v) is 8.91. The quantitative estimate of drug-likeness (QED) is 0.120. The lowest BCUT2D eigenvalue weighted by molar-refractivity contribution is -0.135. The van der Waals surface area contributed by atoms with Gasteiger partial charge in [-0.3, -0.25) is 9.59 Å². The number of nitrogens with one attached hydrogen (secondary N) is 1. The van der Waals surface area contributed by atoms with Gasteiger partial charge in [-0.25, -0.2) is 8.78 Å². The van der Waals surface area contributed by atoms with Crippen molar-refractivity contribution in [2.45, 2.75) is 109 Å². The molecule has 0 atom stereocenters. The van der Waals surface area contributed by atoms with E-state index in [-0.39, 0.29) is 12.2 Å². The zero-order valence-electron chi connectivity index (χ0n) is 19.6. The predicted molar refractivity (Wildman–Crippen MR) is 127 cm³/mol. The highest BCUT2D eigenvalue weighted by molar-refractivity contribution is 6.05. The second kappa shape index (κ2) is 16.6. The third-order valence-electron chi connectivity index (χ3n) is 5.64. The molecule has 0 aliphatic rings. The number of hydrogen-bond acceptors (Lipinski definition) is 3. The summed E-state index contributed by atoms with van der Waals surface area (Å²) >= 11 is 0. The van der Waals surface area contributed by atoms with E-state index in [9.17, 15) is 18.4 Å². The third-order valence-corrected chi connectivity index (χ3v) is 5.64. The van der Waals surface area contributed by atoms with E-state index in [0.29, 0.717) is 12.0 Å². The first-order chi connectivity index (χ1) is 15.3. The number of carboxylic acid groups (broad SMARTS) is 1. The lowest BCUT2D eigenvalue weighted by Crippen LogP contribution is -2.08. The Labute approximate surface area is 192 Å². The summed E-state index contributed by atoms with van der Waals surface area (Å²) in [7, 11) is 0. The van der Waals surface area contributed by atoms with Gasteiger partial charge in [0.25, 0.3) is 0 Å². The Bertz CT molecular complexity index is 641. The average molecular weight is 454 g/mol. The second-order valence-electron chi connectivity index (χ2n) is 8.91. The minimum absolute atomic E-state index is 0.0223. The Morgan fingerprint density at radius 1 is 0.781 bits per heavy atom. The molecule has 0 aliphatic heterocycles. The van der Waals surface area contributed by atoms with Crippen LogP contribution in [0.4, 0.5) is 14.5 Å². The molecular formula is C26H41F2NO3. The Hall–Kier alpha value is -1.98. The van der Waals surface area contributed by atoms with Crippen LogP contribution in [-0.4, -0.2) is 29.3 Å². The lowest BCUT2D eigenvalue weighted by Gasteiger charge is -2.09. The first-order valence-corrected chi connectivity index (χ1v) is 12.2. The number of anilines is 1. The van der Waals surface area contributed by atoms with Crippen molar-refractivity contribution in [3.8, 4) is 0 Å². The van der Waals surface area contributed by atoms with Crippen molar-refractivity contribution in [2.24, 2.45) is 0 Å². The minimum atomic E-state index is -2.50. The number of benzene rings is 1. The summed E-state index contributed by atoms with van der Waals surface area (Å²) in [5.41, 5.74) is 1.37. The van der Waals surface area contributed by atoms with E-state index >= 15 is 0 Å². The van der Waals surface area contributed by atoms with E-state index in [4.69, 9.17) is 5.11 Å². The van der Waals surface area contributed by atoms with Gasteiger partial charge in [-0.05, 0) is 44.0 Å². The number of hydrogen-bond donors (Lipinski definition) is 2. The molecule has 2 N–H and O–H groups in total. The van der Waals surface area contributed by atoms with Gasteiger partial charge in [0, 0.05) is 24.2 Å². The normalized spacial score (nSPS) is 11.5. The highest BCUT2D eigenvalue weighted by Crippen LogP contribution is 2.21. The van der Waals surface area contributed by atoms with Crippen LogP contribution in [-0.2, 0) is 4.79 Å². The zero-order valence-corrected chi connectivity index (χ0v) is 19.6. The van der Waals surface area contributed by atoms with Crippen LogP contribution >= 0.6 is 0 Å². The molecule has 182 valence electrons. The summed E-state index contributed by atoms with van der Waals surface area (Å²) in [4.78, 5) is 22.3. The summed E-state index contributed by atoms with van der Waals surface area (Å²) < 4.78 is 25.4. The number of rotatable bonds is 20. The van der Waals surface area contributed by atoms with Gasteiger partial charge >= 0.3 is 5.97 Å². The number of Topliss-reactive ketones (excluding diaryl/α,β-unsaturated/α-hetero) is 1. The molecule has 0 aromatic heterocycles. The highest BCUT2D eigenvalue weighted by atomic mass is 19.3. The highest BCUT2D eigenvalue weighted by Gasteiger charge is 2.19. The molecule has 0 radical (unpaired) electrons. The van der Waals surface area contributed by atoms with Crippen molar-refractivity contribution in [2.75, 3.05) is 11.9 Å². The topological polar surface area (TPSA) is 66.4 Å². The maximum absolute atomic E-state index is 12.7. The average Bonchev–Trinajstić information content (AvgIpc) is 2.72. The van der Waals surface area contributed by atoms with Crippen molar-refractivity contribution in [1.82, 2.24) is 0 Å². The number of carboxylic acids is 1. The van der Waals surface area contributed by atoms with Crippen molar-refractivity contribution in [3.05, 3.63) is 29.8 Å². The Morgan fingerprint density at radius 3 is 1.66 bits per heavy atom. The number of ketones is 1. The van der Waals surface area contributed by atoms with Gasteiger partial charge in [0.2, 0.25) is 5.92 Å². The fourth-order valence-corrected chi connectivity index (χ4v) is 3.75. The zero-order chi connectivity index (χ0) is 23.7. The van der Waals surface area contributed by atoms with E-state index in [2.05, 4.69) is 5.32 Å². The number of unbranched alkanes of at least 4 members (excludes halogenated alkanes) is 12. The molecule has 0 spiro atoms. The summed E-state index contributed by atoms with van der Waals surface area (Å²) in [6, 6.07) is 6.97. The molecule has 0 amide bonds. The molecule has 0 saturated carbocycles. The molecule has 6 heteroatoms. The smallest absolute Gasteiger partial charge is 0.311 e. The van der Waals surface area contributed by atoms with Crippen LogP contribution in [0.2, 0.25) is 0 Å². The molecule has 0 unspecified atom stereocenters. The molecule has 1 aromatic rings. The van der Waals surface area contributed by atoms with E-state index in [0.717, 1.165) is 38.4 Å². The van der Waals surface area contributed by atoms with E-state index in [1.807, 2.05) is 12.1 Å². The Morgan fingerprint density at radius 2 is 1.22 bits per heavy atom. The van der Waals surface area contributed by atoms with Crippen LogP contribution in [0.1, 0.15) is 114 Å². The minimum Gasteiger partial charge on any atom is -0.481 e. The monoisotopic (exact) mass is 453 g/mol. The van der Waals surface area contributed by atoms with Crippen LogP contribution in [0, 0.1) is 0 Å². The molecule has 1 aromatic carbocycles. The van der Waals surface area contributed by atoms with Crippen molar-refractivity contribution in [3.63, 3.8) is 0 Å². The van der Waals surface area contributed by atoms with Crippen LogP contribution in [0.5, 0.6) is 0 Å². The molecule has 0 saturated heterocycles.